The molecule has 1 aliphatic heterocycles. The third-order valence-corrected chi connectivity index (χ3v) is 3.95. The molecule has 0 aliphatic carbocycles. The second kappa shape index (κ2) is 7.05. The van der Waals surface area contributed by atoms with Crippen molar-refractivity contribution in [2.75, 3.05) is 32.1 Å². The molecule has 1 fully saturated rings. The predicted octanol–water partition coefficient (Wildman–Crippen LogP) is 2.53. The number of hydrogen-bond donors (Lipinski definition) is 1. The van der Waals surface area contributed by atoms with Crippen molar-refractivity contribution in [3.63, 3.8) is 0 Å². The molecule has 6 heteroatoms. The van der Waals surface area contributed by atoms with Crippen molar-refractivity contribution in [1.82, 2.24) is 14.9 Å². The molecule has 1 aromatic rings. The number of hydrogen-bond acceptors (Lipinski definition) is 5. The molecule has 1 aliphatic rings. The Labute approximate surface area is 122 Å². The second-order valence-corrected chi connectivity index (χ2v) is 5.65. The van der Waals surface area contributed by atoms with Crippen LogP contribution in [0.15, 0.2) is 10.7 Å². The first-order valence-electron chi connectivity index (χ1n) is 6.80. The number of halogens is 1. The molecule has 0 aromatic carbocycles. The summed E-state index contributed by atoms with van der Waals surface area (Å²) in [4.78, 5) is 10.9. The topological polar surface area (TPSA) is 50.3 Å². The molecule has 0 radical (unpaired) electrons. The molecule has 2 heterocycles. The van der Waals surface area contributed by atoms with E-state index in [1.807, 2.05) is 6.92 Å². The maximum atomic E-state index is 5.77. The predicted molar refractivity (Wildman–Crippen MR) is 79.7 cm³/mol. The van der Waals surface area contributed by atoms with Crippen LogP contribution in [-0.2, 0) is 0 Å². The quantitative estimate of drug-likeness (QED) is 0.869. The van der Waals surface area contributed by atoms with Crippen LogP contribution >= 0.6 is 15.9 Å². The third kappa shape index (κ3) is 4.04. The highest BCUT2D eigenvalue weighted by Crippen LogP contribution is 2.24. The molecule has 1 unspecified atom stereocenters. The van der Waals surface area contributed by atoms with Crippen LogP contribution in [0, 0.1) is 0 Å². The maximum Gasteiger partial charge on any atom is 0.232 e. The first-order valence-corrected chi connectivity index (χ1v) is 7.59. The summed E-state index contributed by atoms with van der Waals surface area (Å²) in [5, 5.41) is 3.08. The molecule has 19 heavy (non-hydrogen) atoms. The van der Waals surface area contributed by atoms with E-state index in [0.29, 0.717) is 24.5 Å². The molecule has 1 aromatic heterocycles. The first-order chi connectivity index (χ1) is 9.20. The zero-order valence-electron chi connectivity index (χ0n) is 11.5. The third-order valence-electron chi connectivity index (χ3n) is 3.41. The van der Waals surface area contributed by atoms with Crippen molar-refractivity contribution in [3.05, 3.63) is 10.7 Å². The van der Waals surface area contributed by atoms with Crippen LogP contribution in [0.5, 0.6) is 5.88 Å². The fourth-order valence-corrected chi connectivity index (χ4v) is 2.64. The standard InChI is InChI=1S/C13H21BrN4O/c1-3-15-13-16-9-11(14)12(17-13)19-8-6-10-5-4-7-18(10)2/h9-10H,3-8H2,1-2H3,(H,15,16,17). The number of nitrogens with zero attached hydrogens (tertiary/aromatic N) is 3. The van der Waals surface area contributed by atoms with Crippen LogP contribution in [0.25, 0.3) is 0 Å². The molecule has 0 spiro atoms. The van der Waals surface area contributed by atoms with Gasteiger partial charge in [0.05, 0.1) is 17.3 Å². The van der Waals surface area contributed by atoms with E-state index >= 15 is 0 Å². The SMILES string of the molecule is CCNc1ncc(Br)c(OCCC2CCCN2C)n1. The van der Waals surface area contributed by atoms with E-state index in [2.05, 4.69) is 43.2 Å². The minimum absolute atomic E-state index is 0.610. The van der Waals surface area contributed by atoms with E-state index in [1.54, 1.807) is 6.20 Å². The summed E-state index contributed by atoms with van der Waals surface area (Å²) in [7, 11) is 2.18. The molecule has 1 N–H and O–H groups in total. The minimum atomic E-state index is 0.610. The van der Waals surface area contributed by atoms with Gasteiger partial charge in [0, 0.05) is 12.6 Å². The van der Waals surface area contributed by atoms with Gasteiger partial charge in [0.2, 0.25) is 11.8 Å². The van der Waals surface area contributed by atoms with E-state index in [0.717, 1.165) is 17.4 Å². The molecular formula is C13H21BrN4O. The summed E-state index contributed by atoms with van der Waals surface area (Å²) in [5.74, 6) is 1.23. The summed E-state index contributed by atoms with van der Waals surface area (Å²) in [6, 6.07) is 0.647. The normalized spacial score (nSPS) is 19.6. The average Bonchev–Trinajstić information content (AvgIpc) is 2.79. The van der Waals surface area contributed by atoms with Gasteiger partial charge in [-0.1, -0.05) is 0 Å². The van der Waals surface area contributed by atoms with E-state index in [4.69, 9.17) is 4.74 Å². The van der Waals surface area contributed by atoms with Gasteiger partial charge in [-0.05, 0) is 55.7 Å². The Bertz CT molecular complexity index is 416. The lowest BCUT2D eigenvalue weighted by molar-refractivity contribution is 0.227. The second-order valence-electron chi connectivity index (χ2n) is 4.79. The Morgan fingerprint density at radius 2 is 2.42 bits per heavy atom. The van der Waals surface area contributed by atoms with E-state index in [-0.39, 0.29) is 0 Å². The zero-order valence-corrected chi connectivity index (χ0v) is 13.1. The molecule has 106 valence electrons. The van der Waals surface area contributed by atoms with Crippen molar-refractivity contribution in [2.45, 2.75) is 32.2 Å². The van der Waals surface area contributed by atoms with Crippen molar-refractivity contribution in [3.8, 4) is 5.88 Å². The van der Waals surface area contributed by atoms with Crippen molar-refractivity contribution in [1.29, 1.82) is 0 Å². The van der Waals surface area contributed by atoms with Gasteiger partial charge in [-0.25, -0.2) is 4.98 Å². The van der Waals surface area contributed by atoms with Gasteiger partial charge in [0.15, 0.2) is 0 Å². The highest BCUT2D eigenvalue weighted by Gasteiger charge is 2.20. The lowest BCUT2D eigenvalue weighted by Crippen LogP contribution is -2.26. The fraction of sp³-hybridized carbons (Fsp3) is 0.692. The van der Waals surface area contributed by atoms with Gasteiger partial charge in [-0.2, -0.15) is 4.98 Å². The number of aromatic nitrogens is 2. The summed E-state index contributed by atoms with van der Waals surface area (Å²) < 4.78 is 6.57. The van der Waals surface area contributed by atoms with Crippen LogP contribution in [0.1, 0.15) is 26.2 Å². The molecule has 2 rings (SSSR count). The Hall–Kier alpha value is -0.880. The smallest absolute Gasteiger partial charge is 0.232 e. The number of ether oxygens (including phenoxy) is 1. The Balaban J connectivity index is 1.86. The largest absolute Gasteiger partial charge is 0.477 e. The highest BCUT2D eigenvalue weighted by molar-refractivity contribution is 9.10. The number of rotatable bonds is 6. The number of nitrogens with one attached hydrogen (secondary N) is 1. The minimum Gasteiger partial charge on any atom is -0.477 e. The molecule has 0 saturated carbocycles. The maximum absolute atomic E-state index is 5.77. The highest BCUT2D eigenvalue weighted by atomic mass is 79.9. The van der Waals surface area contributed by atoms with Crippen LogP contribution in [0.3, 0.4) is 0 Å². The van der Waals surface area contributed by atoms with Crippen LogP contribution in [-0.4, -0.2) is 47.7 Å². The van der Waals surface area contributed by atoms with Crippen molar-refractivity contribution >= 4 is 21.9 Å². The molecule has 0 amide bonds. The van der Waals surface area contributed by atoms with Gasteiger partial charge >= 0.3 is 0 Å². The van der Waals surface area contributed by atoms with Gasteiger partial charge in [0.25, 0.3) is 0 Å². The summed E-state index contributed by atoms with van der Waals surface area (Å²) in [6.45, 7) is 4.71. The fourth-order valence-electron chi connectivity index (χ4n) is 2.33. The van der Waals surface area contributed by atoms with Gasteiger partial charge < -0.3 is 15.0 Å². The summed E-state index contributed by atoms with van der Waals surface area (Å²) in [6.07, 6.45) is 5.34. The number of likely N-dealkylation sites (tertiary alicyclic amines) is 1. The first kappa shape index (κ1) is 14.5. The number of anilines is 1. The van der Waals surface area contributed by atoms with Gasteiger partial charge in [0.1, 0.15) is 0 Å². The van der Waals surface area contributed by atoms with Gasteiger partial charge in [-0.3, -0.25) is 0 Å². The van der Waals surface area contributed by atoms with Crippen LogP contribution in [0.4, 0.5) is 5.95 Å². The van der Waals surface area contributed by atoms with Crippen molar-refractivity contribution < 1.29 is 4.74 Å². The van der Waals surface area contributed by atoms with Gasteiger partial charge in [-0.15, -0.1) is 0 Å². The van der Waals surface area contributed by atoms with E-state index in [9.17, 15) is 0 Å². The lowest BCUT2D eigenvalue weighted by Gasteiger charge is -2.19. The van der Waals surface area contributed by atoms with Crippen LogP contribution in [0.2, 0.25) is 0 Å². The average molecular weight is 329 g/mol. The Kier molecular flexibility index (Phi) is 5.39. The molecule has 1 atom stereocenters. The Morgan fingerprint density at radius 3 is 3.11 bits per heavy atom. The Morgan fingerprint density at radius 1 is 1.58 bits per heavy atom. The van der Waals surface area contributed by atoms with E-state index < -0.39 is 0 Å². The van der Waals surface area contributed by atoms with E-state index in [1.165, 1.54) is 19.4 Å². The molecule has 0 bridgehead atoms. The summed E-state index contributed by atoms with van der Waals surface area (Å²) >= 11 is 3.42. The van der Waals surface area contributed by atoms with Crippen molar-refractivity contribution in [2.24, 2.45) is 0 Å². The lowest BCUT2D eigenvalue weighted by atomic mass is 10.1. The van der Waals surface area contributed by atoms with Crippen LogP contribution < -0.4 is 10.1 Å². The zero-order chi connectivity index (χ0) is 13.7. The molecule has 5 nitrogen and oxygen atoms in total. The molecular weight excluding hydrogens is 308 g/mol. The molecule has 1 saturated heterocycles. The summed E-state index contributed by atoms with van der Waals surface area (Å²) in [5.41, 5.74) is 0. The monoisotopic (exact) mass is 328 g/mol.